The third-order valence-corrected chi connectivity index (χ3v) is 3.99. The van der Waals surface area contributed by atoms with Crippen LogP contribution in [0.3, 0.4) is 0 Å². The predicted octanol–water partition coefficient (Wildman–Crippen LogP) is 2.29. The third-order valence-electron chi connectivity index (χ3n) is 2.43. The van der Waals surface area contributed by atoms with E-state index >= 15 is 0 Å². The van der Waals surface area contributed by atoms with Gasteiger partial charge in [-0.15, -0.1) is 0 Å². The molecule has 0 radical (unpaired) electrons. The van der Waals surface area contributed by atoms with E-state index in [0.717, 1.165) is 6.07 Å². The first-order valence-corrected chi connectivity index (χ1v) is 6.76. The monoisotopic (exact) mass is 245 g/mol. The molecule has 0 aliphatic heterocycles. The summed E-state index contributed by atoms with van der Waals surface area (Å²) in [7, 11) is -3.74. The van der Waals surface area contributed by atoms with Crippen molar-refractivity contribution in [3.8, 4) is 0 Å². The van der Waals surface area contributed by atoms with Crippen molar-refractivity contribution in [2.24, 2.45) is 0 Å². The summed E-state index contributed by atoms with van der Waals surface area (Å²) in [6.07, 6.45) is 1.37. The lowest BCUT2D eigenvalue weighted by Gasteiger charge is -2.15. The molecule has 0 bridgehead atoms. The van der Waals surface area contributed by atoms with Gasteiger partial charge in [-0.25, -0.2) is 17.5 Å². The Labute approximate surface area is 95.7 Å². The maximum atomic E-state index is 13.3. The molecule has 0 spiro atoms. The van der Waals surface area contributed by atoms with Crippen molar-refractivity contribution in [3.63, 3.8) is 0 Å². The molecule has 3 nitrogen and oxygen atoms in total. The van der Waals surface area contributed by atoms with E-state index in [9.17, 15) is 12.8 Å². The number of rotatable bonds is 5. The summed E-state index contributed by atoms with van der Waals surface area (Å²) < 4.78 is 39.5. The van der Waals surface area contributed by atoms with Crippen LogP contribution in [0, 0.1) is 5.82 Å². The van der Waals surface area contributed by atoms with Crippen molar-refractivity contribution < 1.29 is 12.8 Å². The van der Waals surface area contributed by atoms with Gasteiger partial charge in [0.15, 0.2) is 0 Å². The molecule has 0 unspecified atom stereocenters. The maximum absolute atomic E-state index is 13.3. The number of benzene rings is 1. The molecular weight excluding hydrogens is 229 g/mol. The Kier molecular flexibility index (Phi) is 4.44. The smallest absolute Gasteiger partial charge is 0.208 e. The van der Waals surface area contributed by atoms with Crippen LogP contribution in [0.1, 0.15) is 26.7 Å². The Hall–Kier alpha value is -0.940. The highest BCUT2D eigenvalue weighted by Gasteiger charge is 2.20. The highest BCUT2D eigenvalue weighted by Crippen LogP contribution is 2.14. The van der Waals surface area contributed by atoms with E-state index in [1.807, 2.05) is 13.8 Å². The van der Waals surface area contributed by atoms with Crippen LogP contribution >= 0.6 is 0 Å². The van der Waals surface area contributed by atoms with E-state index in [1.54, 1.807) is 0 Å². The van der Waals surface area contributed by atoms with Crippen LogP contribution in [0.2, 0.25) is 0 Å². The zero-order valence-electron chi connectivity index (χ0n) is 9.40. The second-order valence-corrected chi connectivity index (χ2v) is 5.25. The van der Waals surface area contributed by atoms with E-state index in [-0.39, 0.29) is 10.9 Å². The first-order chi connectivity index (χ1) is 7.51. The second kappa shape index (κ2) is 5.41. The molecular formula is C11H16FNO2S. The zero-order chi connectivity index (χ0) is 12.2. The Morgan fingerprint density at radius 3 is 2.31 bits per heavy atom. The number of hydrogen-bond acceptors (Lipinski definition) is 2. The van der Waals surface area contributed by atoms with Crippen LogP contribution in [-0.2, 0) is 10.0 Å². The van der Waals surface area contributed by atoms with Gasteiger partial charge in [0.1, 0.15) is 10.7 Å². The van der Waals surface area contributed by atoms with Gasteiger partial charge in [-0.05, 0) is 25.0 Å². The van der Waals surface area contributed by atoms with Gasteiger partial charge in [0.2, 0.25) is 10.0 Å². The van der Waals surface area contributed by atoms with E-state index in [1.165, 1.54) is 18.2 Å². The van der Waals surface area contributed by atoms with Gasteiger partial charge in [0.05, 0.1) is 0 Å². The molecule has 0 saturated carbocycles. The molecule has 1 N–H and O–H groups in total. The molecule has 90 valence electrons. The van der Waals surface area contributed by atoms with Crippen molar-refractivity contribution in [1.29, 1.82) is 0 Å². The lowest BCUT2D eigenvalue weighted by Crippen LogP contribution is -2.34. The highest BCUT2D eigenvalue weighted by molar-refractivity contribution is 7.89. The van der Waals surface area contributed by atoms with Crippen LogP contribution in [0.5, 0.6) is 0 Å². The lowest BCUT2D eigenvalue weighted by atomic mass is 10.2. The summed E-state index contributed by atoms with van der Waals surface area (Å²) in [6.45, 7) is 3.77. The molecule has 0 aromatic heterocycles. The van der Waals surface area contributed by atoms with Crippen molar-refractivity contribution in [3.05, 3.63) is 30.1 Å². The molecule has 5 heteroatoms. The SMILES string of the molecule is CCC(CC)NS(=O)(=O)c1ccccc1F. The number of nitrogens with one attached hydrogen (secondary N) is 1. The van der Waals surface area contributed by atoms with Crippen LogP contribution < -0.4 is 4.72 Å². The van der Waals surface area contributed by atoms with E-state index < -0.39 is 15.8 Å². The Balaban J connectivity index is 2.99. The summed E-state index contributed by atoms with van der Waals surface area (Å²) in [4.78, 5) is -0.290. The molecule has 1 aromatic carbocycles. The third kappa shape index (κ3) is 3.02. The molecule has 0 aliphatic carbocycles. The minimum absolute atomic E-state index is 0.149. The van der Waals surface area contributed by atoms with Crippen molar-refractivity contribution in [1.82, 2.24) is 4.72 Å². The lowest BCUT2D eigenvalue weighted by molar-refractivity contribution is 0.520. The van der Waals surface area contributed by atoms with Crippen LogP contribution in [-0.4, -0.2) is 14.5 Å². The maximum Gasteiger partial charge on any atom is 0.243 e. The topological polar surface area (TPSA) is 46.2 Å². The van der Waals surface area contributed by atoms with Crippen LogP contribution in [0.4, 0.5) is 4.39 Å². The van der Waals surface area contributed by atoms with Gasteiger partial charge in [-0.3, -0.25) is 0 Å². The summed E-state index contributed by atoms with van der Waals surface area (Å²) >= 11 is 0. The largest absolute Gasteiger partial charge is 0.243 e. The second-order valence-electron chi connectivity index (χ2n) is 3.57. The van der Waals surface area contributed by atoms with Crippen molar-refractivity contribution in [2.75, 3.05) is 0 Å². The van der Waals surface area contributed by atoms with Crippen LogP contribution in [0.15, 0.2) is 29.2 Å². The number of halogens is 1. The van der Waals surface area contributed by atoms with Gasteiger partial charge in [-0.1, -0.05) is 26.0 Å². The fourth-order valence-corrected chi connectivity index (χ4v) is 2.88. The van der Waals surface area contributed by atoms with Gasteiger partial charge in [-0.2, -0.15) is 0 Å². The molecule has 0 amide bonds. The average molecular weight is 245 g/mol. The number of hydrogen-bond donors (Lipinski definition) is 1. The molecule has 0 saturated heterocycles. The molecule has 0 atom stereocenters. The highest BCUT2D eigenvalue weighted by atomic mass is 32.2. The summed E-state index contributed by atoms with van der Waals surface area (Å²) in [5.74, 6) is -0.721. The minimum atomic E-state index is -3.74. The predicted molar refractivity (Wildman–Crippen MR) is 61.1 cm³/mol. The standard InChI is InChI=1S/C11H16FNO2S/c1-3-9(4-2)13-16(14,15)11-8-6-5-7-10(11)12/h5-9,13H,3-4H2,1-2H3. The molecule has 1 rings (SSSR count). The van der Waals surface area contributed by atoms with Gasteiger partial charge >= 0.3 is 0 Å². The van der Waals surface area contributed by atoms with Gasteiger partial charge in [0, 0.05) is 6.04 Å². The Morgan fingerprint density at radius 2 is 1.81 bits per heavy atom. The van der Waals surface area contributed by atoms with E-state index in [0.29, 0.717) is 12.8 Å². The Morgan fingerprint density at radius 1 is 1.25 bits per heavy atom. The molecule has 0 aliphatic rings. The van der Waals surface area contributed by atoms with Crippen LogP contribution in [0.25, 0.3) is 0 Å². The van der Waals surface area contributed by atoms with Gasteiger partial charge in [0.25, 0.3) is 0 Å². The number of sulfonamides is 1. The Bertz CT molecular complexity index is 441. The zero-order valence-corrected chi connectivity index (χ0v) is 10.2. The first-order valence-electron chi connectivity index (χ1n) is 5.28. The van der Waals surface area contributed by atoms with Crippen molar-refractivity contribution in [2.45, 2.75) is 37.6 Å². The molecule has 0 heterocycles. The summed E-state index contributed by atoms with van der Waals surface area (Å²) in [5, 5.41) is 0. The fourth-order valence-electron chi connectivity index (χ4n) is 1.40. The summed E-state index contributed by atoms with van der Waals surface area (Å²) in [5.41, 5.74) is 0. The van der Waals surface area contributed by atoms with Gasteiger partial charge < -0.3 is 0 Å². The molecule has 16 heavy (non-hydrogen) atoms. The molecule has 1 aromatic rings. The van der Waals surface area contributed by atoms with Crippen molar-refractivity contribution >= 4 is 10.0 Å². The average Bonchev–Trinajstić information content (AvgIpc) is 2.26. The quantitative estimate of drug-likeness (QED) is 0.865. The fraction of sp³-hybridized carbons (Fsp3) is 0.455. The molecule has 0 fully saturated rings. The van der Waals surface area contributed by atoms with E-state index in [4.69, 9.17) is 0 Å². The van der Waals surface area contributed by atoms with E-state index in [2.05, 4.69) is 4.72 Å². The first kappa shape index (κ1) is 13.1. The normalized spacial score (nSPS) is 12.0. The minimum Gasteiger partial charge on any atom is -0.208 e. The summed E-state index contributed by atoms with van der Waals surface area (Å²) in [6, 6.07) is 5.22.